The number of furan rings is 1. The lowest BCUT2D eigenvalue weighted by Gasteiger charge is -2.31. The van der Waals surface area contributed by atoms with Gasteiger partial charge in [0.1, 0.15) is 5.76 Å². The van der Waals surface area contributed by atoms with E-state index in [1.165, 1.54) is 31.2 Å². The number of ether oxygens (including phenoxy) is 1. The lowest BCUT2D eigenvalue weighted by molar-refractivity contribution is 0.0937. The van der Waals surface area contributed by atoms with Crippen LogP contribution in [0, 0.1) is 5.92 Å². The first kappa shape index (κ1) is 14.1. The molecule has 1 saturated carbocycles. The largest absolute Gasteiger partial charge is 0.468 e. The third kappa shape index (κ3) is 3.84. The molecular weight excluding hydrogens is 252 g/mol. The van der Waals surface area contributed by atoms with Crippen LogP contribution < -0.4 is 5.32 Å². The number of piperidine rings is 1. The minimum Gasteiger partial charge on any atom is -0.468 e. The number of nitrogens with one attached hydrogen (secondary N) is 1. The predicted molar refractivity (Wildman–Crippen MR) is 78.4 cm³/mol. The van der Waals surface area contributed by atoms with E-state index in [-0.39, 0.29) is 0 Å². The standard InChI is InChI=1S/C16H26N2O2/c1-19-12-13-4-7-18(8-5-13)11-16-14(6-9-20-16)10-17-15-2-3-15/h6,9,13,15,17H,2-5,7-8,10-12H2,1H3. The van der Waals surface area contributed by atoms with E-state index < -0.39 is 0 Å². The van der Waals surface area contributed by atoms with Crippen molar-refractivity contribution >= 4 is 0 Å². The number of hydrogen-bond donors (Lipinski definition) is 1. The summed E-state index contributed by atoms with van der Waals surface area (Å²) in [5, 5.41) is 3.57. The number of nitrogens with zero attached hydrogens (tertiary/aromatic N) is 1. The van der Waals surface area contributed by atoms with E-state index in [9.17, 15) is 0 Å². The SMILES string of the molecule is COCC1CCN(Cc2occc2CNC2CC2)CC1. The molecule has 0 bridgehead atoms. The fraction of sp³-hybridized carbons (Fsp3) is 0.750. The molecule has 1 aliphatic carbocycles. The molecule has 2 aliphatic rings. The Hall–Kier alpha value is -0.840. The van der Waals surface area contributed by atoms with E-state index in [0.717, 1.165) is 50.5 Å². The monoisotopic (exact) mass is 278 g/mol. The van der Waals surface area contributed by atoms with Crippen molar-refractivity contribution in [1.82, 2.24) is 10.2 Å². The molecule has 1 N–H and O–H groups in total. The van der Waals surface area contributed by atoms with Crippen molar-refractivity contribution in [3.8, 4) is 0 Å². The third-order valence-corrected chi connectivity index (χ3v) is 4.47. The molecule has 0 unspecified atom stereocenters. The molecule has 1 aromatic rings. The Morgan fingerprint density at radius 3 is 2.80 bits per heavy atom. The van der Waals surface area contributed by atoms with Crippen LogP contribution in [0.3, 0.4) is 0 Å². The molecule has 0 atom stereocenters. The average Bonchev–Trinajstić information content (AvgIpc) is 3.19. The molecule has 1 saturated heterocycles. The van der Waals surface area contributed by atoms with Crippen LogP contribution in [0.25, 0.3) is 0 Å². The molecule has 1 aromatic heterocycles. The minimum atomic E-state index is 0.740. The van der Waals surface area contributed by atoms with Crippen LogP contribution in [-0.2, 0) is 17.8 Å². The summed E-state index contributed by atoms with van der Waals surface area (Å²) in [4.78, 5) is 2.51. The van der Waals surface area contributed by atoms with Gasteiger partial charge in [-0.1, -0.05) is 0 Å². The third-order valence-electron chi connectivity index (χ3n) is 4.47. The second-order valence-corrected chi connectivity index (χ2v) is 6.20. The molecule has 4 heteroatoms. The predicted octanol–water partition coefficient (Wildman–Crippen LogP) is 2.39. The highest BCUT2D eigenvalue weighted by Gasteiger charge is 2.23. The maximum absolute atomic E-state index is 5.69. The Bertz CT molecular complexity index is 406. The van der Waals surface area contributed by atoms with E-state index in [0.29, 0.717) is 0 Å². The lowest BCUT2D eigenvalue weighted by Crippen LogP contribution is -2.34. The van der Waals surface area contributed by atoms with Gasteiger partial charge in [-0.3, -0.25) is 4.90 Å². The van der Waals surface area contributed by atoms with Gasteiger partial charge in [0.15, 0.2) is 0 Å². The fourth-order valence-corrected chi connectivity index (χ4v) is 2.96. The van der Waals surface area contributed by atoms with Gasteiger partial charge in [0.05, 0.1) is 12.8 Å². The van der Waals surface area contributed by atoms with E-state index in [2.05, 4.69) is 16.3 Å². The quantitative estimate of drug-likeness (QED) is 0.831. The molecule has 0 radical (unpaired) electrons. The molecule has 1 aliphatic heterocycles. The maximum atomic E-state index is 5.69. The van der Waals surface area contributed by atoms with E-state index in [4.69, 9.17) is 9.15 Å². The lowest BCUT2D eigenvalue weighted by atomic mass is 9.97. The summed E-state index contributed by atoms with van der Waals surface area (Å²) < 4.78 is 10.9. The zero-order valence-corrected chi connectivity index (χ0v) is 12.4. The minimum absolute atomic E-state index is 0.740. The van der Waals surface area contributed by atoms with Crippen LogP contribution >= 0.6 is 0 Å². The van der Waals surface area contributed by atoms with Gasteiger partial charge in [-0.05, 0) is 50.8 Å². The molecule has 4 nitrogen and oxygen atoms in total. The summed E-state index contributed by atoms with van der Waals surface area (Å²) in [5.41, 5.74) is 1.33. The van der Waals surface area contributed by atoms with Crippen molar-refractivity contribution < 1.29 is 9.15 Å². The highest BCUT2D eigenvalue weighted by molar-refractivity contribution is 5.17. The van der Waals surface area contributed by atoms with Gasteiger partial charge in [0.2, 0.25) is 0 Å². The Morgan fingerprint density at radius 2 is 2.10 bits per heavy atom. The molecule has 0 aromatic carbocycles. The van der Waals surface area contributed by atoms with Crippen LogP contribution in [0.4, 0.5) is 0 Å². The molecular formula is C16H26N2O2. The summed E-state index contributed by atoms with van der Waals surface area (Å²) in [5.74, 6) is 1.88. The molecule has 0 spiro atoms. The zero-order chi connectivity index (χ0) is 13.8. The fourth-order valence-electron chi connectivity index (χ4n) is 2.96. The Kier molecular flexibility index (Phi) is 4.76. The van der Waals surface area contributed by atoms with Gasteiger partial charge in [-0.15, -0.1) is 0 Å². The van der Waals surface area contributed by atoms with Crippen LogP contribution in [-0.4, -0.2) is 37.7 Å². The van der Waals surface area contributed by atoms with Crippen molar-refractivity contribution in [3.63, 3.8) is 0 Å². The molecule has 2 heterocycles. The van der Waals surface area contributed by atoms with Crippen LogP contribution in [0.2, 0.25) is 0 Å². The van der Waals surface area contributed by atoms with E-state index in [1.807, 2.05) is 6.26 Å². The second-order valence-electron chi connectivity index (χ2n) is 6.20. The Labute approximate surface area is 121 Å². The molecule has 20 heavy (non-hydrogen) atoms. The number of hydrogen-bond acceptors (Lipinski definition) is 4. The normalized spacial score (nSPS) is 21.4. The summed E-state index contributed by atoms with van der Waals surface area (Å²) in [6, 6.07) is 2.87. The van der Waals surface area contributed by atoms with Crippen LogP contribution in [0.5, 0.6) is 0 Å². The first-order valence-corrected chi connectivity index (χ1v) is 7.85. The van der Waals surface area contributed by atoms with Crippen molar-refractivity contribution in [2.75, 3.05) is 26.8 Å². The van der Waals surface area contributed by atoms with Gasteiger partial charge in [0.25, 0.3) is 0 Å². The first-order valence-electron chi connectivity index (χ1n) is 7.85. The number of rotatable bonds is 7. The average molecular weight is 278 g/mol. The van der Waals surface area contributed by atoms with Crippen LogP contribution in [0.15, 0.2) is 16.7 Å². The smallest absolute Gasteiger partial charge is 0.122 e. The van der Waals surface area contributed by atoms with Crippen molar-refractivity contribution in [3.05, 3.63) is 23.7 Å². The van der Waals surface area contributed by atoms with Gasteiger partial charge in [0, 0.05) is 31.9 Å². The van der Waals surface area contributed by atoms with Gasteiger partial charge in [-0.25, -0.2) is 0 Å². The Morgan fingerprint density at radius 1 is 1.30 bits per heavy atom. The van der Waals surface area contributed by atoms with E-state index >= 15 is 0 Å². The topological polar surface area (TPSA) is 37.6 Å². The first-order chi connectivity index (χ1) is 9.85. The summed E-state index contributed by atoms with van der Waals surface area (Å²) in [6.07, 6.45) is 6.98. The van der Waals surface area contributed by atoms with Gasteiger partial charge in [-0.2, -0.15) is 0 Å². The maximum Gasteiger partial charge on any atom is 0.122 e. The molecule has 3 rings (SSSR count). The van der Waals surface area contributed by atoms with Crippen LogP contribution in [0.1, 0.15) is 37.0 Å². The van der Waals surface area contributed by atoms with Gasteiger partial charge < -0.3 is 14.5 Å². The number of methoxy groups -OCH3 is 1. The van der Waals surface area contributed by atoms with E-state index in [1.54, 1.807) is 7.11 Å². The summed E-state index contributed by atoms with van der Waals surface area (Å²) >= 11 is 0. The highest BCUT2D eigenvalue weighted by Crippen LogP contribution is 2.23. The van der Waals surface area contributed by atoms with Crippen molar-refractivity contribution in [2.24, 2.45) is 5.92 Å². The number of likely N-dealkylation sites (tertiary alicyclic amines) is 1. The molecule has 0 amide bonds. The van der Waals surface area contributed by atoms with Crippen molar-refractivity contribution in [1.29, 1.82) is 0 Å². The highest BCUT2D eigenvalue weighted by atomic mass is 16.5. The summed E-state index contributed by atoms with van der Waals surface area (Å²) in [7, 11) is 1.80. The Balaban J connectivity index is 1.46. The molecule has 2 fully saturated rings. The summed E-state index contributed by atoms with van der Waals surface area (Å²) in [6.45, 7) is 5.13. The molecule has 112 valence electrons. The second kappa shape index (κ2) is 6.74. The zero-order valence-electron chi connectivity index (χ0n) is 12.4. The van der Waals surface area contributed by atoms with Crippen molar-refractivity contribution in [2.45, 2.75) is 44.8 Å². The van der Waals surface area contributed by atoms with Gasteiger partial charge >= 0.3 is 0 Å².